The third-order valence-corrected chi connectivity index (χ3v) is 5.18. The second-order valence-corrected chi connectivity index (χ2v) is 6.35. The highest BCUT2D eigenvalue weighted by Crippen LogP contribution is 2.17. The van der Waals surface area contributed by atoms with E-state index in [1.807, 2.05) is 23.7 Å². The van der Waals surface area contributed by atoms with Crippen molar-refractivity contribution in [2.24, 2.45) is 0 Å². The summed E-state index contributed by atoms with van der Waals surface area (Å²) in [4.78, 5) is 16.8. The van der Waals surface area contributed by atoms with Gasteiger partial charge in [0.1, 0.15) is 0 Å². The van der Waals surface area contributed by atoms with E-state index in [0.717, 1.165) is 50.5 Å². The molecule has 0 bridgehead atoms. The van der Waals surface area contributed by atoms with Crippen molar-refractivity contribution in [1.82, 2.24) is 15.1 Å². The zero-order chi connectivity index (χ0) is 13.0. The average Bonchev–Trinajstić information content (AvgIpc) is 2.47. The fourth-order valence-corrected chi connectivity index (χ4v) is 3.70. The van der Waals surface area contributed by atoms with Crippen LogP contribution in [0.5, 0.6) is 0 Å². The molecule has 2 saturated heterocycles. The van der Waals surface area contributed by atoms with Gasteiger partial charge in [-0.3, -0.25) is 4.79 Å². The highest BCUT2D eigenvalue weighted by molar-refractivity contribution is 7.99. The fourth-order valence-electron chi connectivity index (χ4n) is 2.77. The van der Waals surface area contributed by atoms with Crippen molar-refractivity contribution >= 4 is 17.7 Å². The van der Waals surface area contributed by atoms with Crippen LogP contribution in [-0.4, -0.2) is 72.5 Å². The SMILES string of the molecule is CCN1CCC(N(C)C(=O)C2CSCCN2)CC1. The molecule has 1 unspecified atom stereocenters. The molecule has 2 aliphatic heterocycles. The van der Waals surface area contributed by atoms with Gasteiger partial charge in [0, 0.05) is 44.2 Å². The van der Waals surface area contributed by atoms with Gasteiger partial charge in [-0.25, -0.2) is 0 Å². The van der Waals surface area contributed by atoms with Crippen LogP contribution in [0.4, 0.5) is 0 Å². The first-order chi connectivity index (χ1) is 8.72. The van der Waals surface area contributed by atoms with E-state index in [2.05, 4.69) is 17.1 Å². The monoisotopic (exact) mass is 271 g/mol. The largest absolute Gasteiger partial charge is 0.341 e. The third-order valence-electron chi connectivity index (χ3n) is 4.12. The Labute approximate surface area is 114 Å². The number of carbonyl (C=O) groups excluding carboxylic acids is 1. The Morgan fingerprint density at radius 3 is 2.72 bits per heavy atom. The maximum absolute atomic E-state index is 12.4. The first-order valence-corrected chi connectivity index (χ1v) is 8.18. The summed E-state index contributed by atoms with van der Waals surface area (Å²) in [7, 11) is 1.98. The maximum Gasteiger partial charge on any atom is 0.240 e. The van der Waals surface area contributed by atoms with Crippen LogP contribution in [0.15, 0.2) is 0 Å². The molecular weight excluding hydrogens is 246 g/mol. The minimum atomic E-state index is 0.0398. The number of amides is 1. The first-order valence-electron chi connectivity index (χ1n) is 7.02. The molecule has 0 saturated carbocycles. The van der Waals surface area contributed by atoms with Crippen molar-refractivity contribution in [1.29, 1.82) is 0 Å². The second-order valence-electron chi connectivity index (χ2n) is 5.20. The van der Waals surface area contributed by atoms with Crippen LogP contribution in [-0.2, 0) is 4.79 Å². The lowest BCUT2D eigenvalue weighted by molar-refractivity contribution is -0.134. The van der Waals surface area contributed by atoms with Crippen molar-refractivity contribution in [3.8, 4) is 0 Å². The van der Waals surface area contributed by atoms with E-state index in [1.54, 1.807) is 0 Å². The number of hydrogen-bond acceptors (Lipinski definition) is 4. The summed E-state index contributed by atoms with van der Waals surface area (Å²) in [6, 6.07) is 0.479. The summed E-state index contributed by atoms with van der Waals surface area (Å²) in [6.45, 7) is 6.56. The Kier molecular flexibility index (Phi) is 5.33. The Hall–Kier alpha value is -0.260. The predicted molar refractivity (Wildman–Crippen MR) is 77.0 cm³/mol. The van der Waals surface area contributed by atoms with E-state index < -0.39 is 0 Å². The number of hydrogen-bond donors (Lipinski definition) is 1. The molecule has 0 aliphatic carbocycles. The molecule has 4 nitrogen and oxygen atoms in total. The number of carbonyl (C=O) groups is 1. The average molecular weight is 271 g/mol. The highest BCUT2D eigenvalue weighted by atomic mass is 32.2. The summed E-state index contributed by atoms with van der Waals surface area (Å²) in [5.41, 5.74) is 0. The molecule has 0 radical (unpaired) electrons. The third kappa shape index (κ3) is 3.39. The molecule has 1 amide bonds. The molecule has 18 heavy (non-hydrogen) atoms. The summed E-state index contributed by atoms with van der Waals surface area (Å²) in [5.74, 6) is 2.34. The Bertz CT molecular complexity index is 273. The molecule has 104 valence electrons. The van der Waals surface area contributed by atoms with Gasteiger partial charge in [-0.2, -0.15) is 11.8 Å². The lowest BCUT2D eigenvalue weighted by Crippen LogP contribution is -2.54. The number of nitrogens with zero attached hydrogens (tertiary/aromatic N) is 2. The van der Waals surface area contributed by atoms with Gasteiger partial charge in [0.15, 0.2) is 0 Å². The van der Waals surface area contributed by atoms with E-state index in [9.17, 15) is 4.79 Å². The van der Waals surface area contributed by atoms with Gasteiger partial charge in [0.25, 0.3) is 0 Å². The standard InChI is InChI=1S/C13H25N3OS/c1-3-16-7-4-11(5-8-16)15(2)13(17)12-10-18-9-6-14-12/h11-12,14H,3-10H2,1-2H3. The lowest BCUT2D eigenvalue weighted by Gasteiger charge is -2.38. The molecule has 0 aromatic heterocycles. The first kappa shape index (κ1) is 14.2. The van der Waals surface area contributed by atoms with Crippen LogP contribution in [0.25, 0.3) is 0 Å². The second kappa shape index (κ2) is 6.78. The van der Waals surface area contributed by atoms with Gasteiger partial charge < -0.3 is 15.1 Å². The molecule has 2 rings (SSSR count). The Morgan fingerprint density at radius 1 is 1.44 bits per heavy atom. The van der Waals surface area contributed by atoms with Crippen LogP contribution in [0, 0.1) is 0 Å². The molecule has 0 aromatic rings. The molecule has 0 aromatic carbocycles. The molecule has 1 N–H and O–H groups in total. The van der Waals surface area contributed by atoms with E-state index in [1.165, 1.54) is 0 Å². The Balaban J connectivity index is 1.83. The molecule has 2 fully saturated rings. The van der Waals surface area contributed by atoms with Crippen molar-refractivity contribution in [2.45, 2.75) is 31.8 Å². The zero-order valence-corrected chi connectivity index (χ0v) is 12.3. The number of likely N-dealkylation sites (tertiary alicyclic amines) is 1. The van der Waals surface area contributed by atoms with E-state index in [-0.39, 0.29) is 11.9 Å². The minimum absolute atomic E-state index is 0.0398. The topological polar surface area (TPSA) is 35.6 Å². The molecule has 2 heterocycles. The number of thioether (sulfide) groups is 1. The summed E-state index contributed by atoms with van der Waals surface area (Å²) >= 11 is 1.88. The molecule has 0 spiro atoms. The zero-order valence-electron chi connectivity index (χ0n) is 11.5. The van der Waals surface area contributed by atoms with E-state index >= 15 is 0 Å². The highest BCUT2D eigenvalue weighted by Gasteiger charge is 2.29. The van der Waals surface area contributed by atoms with Crippen LogP contribution < -0.4 is 5.32 Å². The number of likely N-dealkylation sites (N-methyl/N-ethyl adjacent to an activating group) is 1. The van der Waals surface area contributed by atoms with E-state index in [0.29, 0.717) is 6.04 Å². The maximum atomic E-state index is 12.4. The summed E-state index contributed by atoms with van der Waals surface area (Å²) in [5, 5.41) is 3.34. The van der Waals surface area contributed by atoms with Gasteiger partial charge in [-0.1, -0.05) is 6.92 Å². The quantitative estimate of drug-likeness (QED) is 0.817. The number of rotatable bonds is 3. The molecule has 5 heteroatoms. The fraction of sp³-hybridized carbons (Fsp3) is 0.923. The van der Waals surface area contributed by atoms with Crippen molar-refractivity contribution < 1.29 is 4.79 Å². The van der Waals surface area contributed by atoms with Crippen LogP contribution >= 0.6 is 11.8 Å². The van der Waals surface area contributed by atoms with Gasteiger partial charge in [-0.05, 0) is 19.4 Å². The number of nitrogens with one attached hydrogen (secondary N) is 1. The van der Waals surface area contributed by atoms with Gasteiger partial charge in [0.2, 0.25) is 5.91 Å². The van der Waals surface area contributed by atoms with E-state index in [4.69, 9.17) is 0 Å². The molecule has 1 atom stereocenters. The van der Waals surface area contributed by atoms with Crippen LogP contribution in [0.3, 0.4) is 0 Å². The van der Waals surface area contributed by atoms with Gasteiger partial charge in [-0.15, -0.1) is 0 Å². The molecule has 2 aliphatic rings. The predicted octanol–water partition coefficient (Wildman–Crippen LogP) is 0.634. The van der Waals surface area contributed by atoms with Crippen LogP contribution in [0.2, 0.25) is 0 Å². The van der Waals surface area contributed by atoms with Crippen LogP contribution in [0.1, 0.15) is 19.8 Å². The van der Waals surface area contributed by atoms with Crippen molar-refractivity contribution in [2.75, 3.05) is 44.7 Å². The summed E-state index contributed by atoms with van der Waals surface area (Å²) in [6.07, 6.45) is 2.24. The Morgan fingerprint density at radius 2 is 2.17 bits per heavy atom. The smallest absolute Gasteiger partial charge is 0.240 e. The number of piperidine rings is 1. The van der Waals surface area contributed by atoms with Gasteiger partial charge >= 0.3 is 0 Å². The normalized spacial score (nSPS) is 27.1. The van der Waals surface area contributed by atoms with Crippen molar-refractivity contribution in [3.05, 3.63) is 0 Å². The van der Waals surface area contributed by atoms with Crippen molar-refractivity contribution in [3.63, 3.8) is 0 Å². The minimum Gasteiger partial charge on any atom is -0.341 e. The molecular formula is C13H25N3OS. The lowest BCUT2D eigenvalue weighted by atomic mass is 10.0. The summed E-state index contributed by atoms with van der Waals surface area (Å²) < 4.78 is 0. The van der Waals surface area contributed by atoms with Gasteiger partial charge in [0.05, 0.1) is 6.04 Å².